The predicted molar refractivity (Wildman–Crippen MR) is 187 cm³/mol. The van der Waals surface area contributed by atoms with Gasteiger partial charge in [0.2, 0.25) is 23.6 Å². The van der Waals surface area contributed by atoms with Crippen molar-refractivity contribution in [2.24, 2.45) is 40.4 Å². The number of aromatic hydroxyl groups is 1. The molecule has 0 aromatic heterocycles. The van der Waals surface area contributed by atoms with E-state index in [1.807, 2.05) is 36.6 Å². The Labute approximate surface area is 291 Å². The summed E-state index contributed by atoms with van der Waals surface area (Å²) < 4.78 is 0. The number of phenolic OH excluding ortho intramolecular Hbond substituents is 1. The fraction of sp³-hybridized carbons (Fsp3) is 0.528. The number of primary amides is 1. The Balaban J connectivity index is 1.26. The largest absolute Gasteiger partial charge is 0.508 e. The number of Topliss-reactive ketones (excluding diaryl/α,β-unsaturated/α-hetero) is 1. The summed E-state index contributed by atoms with van der Waals surface area (Å²) in [7, 11) is 0. The normalized spacial score (nSPS) is 27.0. The zero-order chi connectivity index (χ0) is 35.3. The number of benzene rings is 2. The molecule has 264 valence electrons. The number of hydrogen-bond donors (Lipinski definition) is 7. The van der Waals surface area contributed by atoms with E-state index in [0.29, 0.717) is 37.9 Å². The van der Waals surface area contributed by atoms with Gasteiger partial charge in [-0.2, -0.15) is 11.8 Å². The van der Waals surface area contributed by atoms with Gasteiger partial charge in [-0.15, -0.1) is 0 Å². The molecule has 2 aromatic rings. The highest BCUT2D eigenvalue weighted by molar-refractivity contribution is 7.98. The van der Waals surface area contributed by atoms with Gasteiger partial charge in [-0.1, -0.05) is 42.5 Å². The minimum Gasteiger partial charge on any atom is -0.508 e. The summed E-state index contributed by atoms with van der Waals surface area (Å²) in [6.45, 7) is -0.438. The number of amides is 4. The Morgan fingerprint density at radius 2 is 1.51 bits per heavy atom. The van der Waals surface area contributed by atoms with E-state index < -0.39 is 65.2 Å². The minimum absolute atomic E-state index is 0.0982. The first-order valence-corrected chi connectivity index (χ1v) is 18.3. The van der Waals surface area contributed by atoms with Gasteiger partial charge in [0.1, 0.15) is 11.8 Å². The molecule has 4 saturated carbocycles. The van der Waals surface area contributed by atoms with E-state index in [1.165, 1.54) is 23.9 Å². The van der Waals surface area contributed by atoms with Gasteiger partial charge in [0.15, 0.2) is 5.78 Å². The maximum atomic E-state index is 14.5. The van der Waals surface area contributed by atoms with Crippen molar-refractivity contribution in [3.05, 3.63) is 65.7 Å². The lowest BCUT2D eigenvalue weighted by Crippen LogP contribution is -2.73. The molecule has 4 aliphatic rings. The molecule has 10 N–H and O–H groups in total. The molecule has 4 fully saturated rings. The number of nitrogens with two attached hydrogens (primary N) is 3. The molecule has 4 aliphatic carbocycles. The summed E-state index contributed by atoms with van der Waals surface area (Å²) in [4.78, 5) is 67.2. The van der Waals surface area contributed by atoms with Crippen LogP contribution in [0.1, 0.15) is 49.7 Å². The molecule has 12 nitrogen and oxygen atoms in total. The number of phenols is 1. The second-order valence-electron chi connectivity index (χ2n) is 14.2. The highest BCUT2D eigenvalue weighted by Crippen LogP contribution is 2.64. The fourth-order valence-electron chi connectivity index (χ4n) is 8.71. The lowest BCUT2D eigenvalue weighted by Gasteiger charge is -2.64. The lowest BCUT2D eigenvalue weighted by atomic mass is 9.41. The van der Waals surface area contributed by atoms with Crippen molar-refractivity contribution in [2.75, 3.05) is 18.6 Å². The van der Waals surface area contributed by atoms with Gasteiger partial charge < -0.3 is 38.3 Å². The molecule has 13 heteroatoms. The van der Waals surface area contributed by atoms with Crippen molar-refractivity contribution >= 4 is 41.2 Å². The monoisotopic (exact) mass is 692 g/mol. The second kappa shape index (κ2) is 15.3. The third-order valence-electron chi connectivity index (χ3n) is 10.6. The molecule has 49 heavy (non-hydrogen) atoms. The molecule has 6 atom stereocenters. The summed E-state index contributed by atoms with van der Waals surface area (Å²) in [5.41, 5.74) is 18.8. The molecule has 0 aliphatic heterocycles. The Kier molecular flexibility index (Phi) is 11.4. The van der Waals surface area contributed by atoms with Crippen LogP contribution in [-0.2, 0) is 36.8 Å². The van der Waals surface area contributed by atoms with Crippen LogP contribution in [0.4, 0.5) is 0 Å². The third-order valence-corrected chi connectivity index (χ3v) is 11.2. The number of ketones is 1. The summed E-state index contributed by atoms with van der Waals surface area (Å²) in [6, 6.07) is 12.7. The quantitative estimate of drug-likeness (QED) is 0.133. The van der Waals surface area contributed by atoms with Crippen molar-refractivity contribution < 1.29 is 29.1 Å². The molecule has 6 rings (SSSR count). The van der Waals surface area contributed by atoms with Crippen molar-refractivity contribution in [1.29, 1.82) is 0 Å². The zero-order valence-corrected chi connectivity index (χ0v) is 28.7. The fourth-order valence-corrected chi connectivity index (χ4v) is 9.18. The van der Waals surface area contributed by atoms with Gasteiger partial charge in [-0.25, -0.2) is 0 Å². The van der Waals surface area contributed by atoms with Crippen LogP contribution in [0.25, 0.3) is 0 Å². The smallest absolute Gasteiger partial charge is 0.243 e. The van der Waals surface area contributed by atoms with Crippen LogP contribution in [0.15, 0.2) is 54.6 Å². The first kappa shape index (κ1) is 36.3. The molecule has 4 amide bonds. The first-order chi connectivity index (χ1) is 23.3. The highest BCUT2D eigenvalue weighted by atomic mass is 32.2. The van der Waals surface area contributed by atoms with Crippen LogP contribution in [0.5, 0.6) is 5.75 Å². The van der Waals surface area contributed by atoms with E-state index in [4.69, 9.17) is 17.2 Å². The summed E-state index contributed by atoms with van der Waals surface area (Å²) in [6.07, 6.45) is 5.88. The number of carbonyl (C=O) groups excluding carboxylic acids is 5. The number of rotatable bonds is 16. The van der Waals surface area contributed by atoms with E-state index in [1.54, 1.807) is 12.1 Å². The van der Waals surface area contributed by atoms with Gasteiger partial charge in [-0.3, -0.25) is 24.0 Å². The number of nitrogens with one attached hydrogen (secondary N) is 3. The second-order valence-corrected chi connectivity index (χ2v) is 15.2. The van der Waals surface area contributed by atoms with Crippen LogP contribution in [0.2, 0.25) is 0 Å². The average Bonchev–Trinajstić information content (AvgIpc) is 3.05. The van der Waals surface area contributed by atoms with Crippen molar-refractivity contribution in [3.8, 4) is 5.75 Å². The Hall–Kier alpha value is -3.94. The number of carbonyl (C=O) groups is 5. The van der Waals surface area contributed by atoms with Gasteiger partial charge in [-0.05, 0) is 98.5 Å². The van der Waals surface area contributed by atoms with Gasteiger partial charge >= 0.3 is 0 Å². The van der Waals surface area contributed by atoms with Gasteiger partial charge in [0.05, 0.1) is 30.0 Å². The Morgan fingerprint density at radius 3 is 2.12 bits per heavy atom. The van der Waals surface area contributed by atoms with E-state index in [9.17, 15) is 29.1 Å². The molecule has 0 heterocycles. The molecule has 2 aromatic carbocycles. The first-order valence-electron chi connectivity index (χ1n) is 16.9. The standard InChI is InChI=1S/C36H48N6O6S/c1-49-12-11-27(42-32(46)26(37)14-22-7-9-25(43)10-8-22)33(47)40-20-29(44)41-28(15-21-5-3-2-4-6-21)30(45)31-35(34(38)48)16-23-13-24(17-35)19-36(31,39)18-23/h2-10,23-24,26-28,31,43H,11-20,37,39H2,1H3,(H2,38,48)(H,40,47)(H,41,44)(H,42,46)/t23?,24?,26-,27+,28-,31?,35?,36?/m0/s1. The molecule has 0 saturated heterocycles. The van der Waals surface area contributed by atoms with Crippen molar-refractivity contribution in [3.63, 3.8) is 0 Å². The maximum absolute atomic E-state index is 14.5. The maximum Gasteiger partial charge on any atom is 0.243 e. The molecule has 0 spiro atoms. The Morgan fingerprint density at radius 1 is 0.878 bits per heavy atom. The van der Waals surface area contributed by atoms with E-state index in [2.05, 4.69) is 16.0 Å². The van der Waals surface area contributed by atoms with Crippen LogP contribution in [0, 0.1) is 23.2 Å². The van der Waals surface area contributed by atoms with E-state index in [0.717, 1.165) is 17.5 Å². The van der Waals surface area contributed by atoms with E-state index >= 15 is 0 Å². The number of hydrogen-bond acceptors (Lipinski definition) is 9. The SMILES string of the molecule is CSCC[C@@H](NC(=O)[C@@H](N)Cc1ccc(O)cc1)C(=O)NCC(=O)N[C@@H](Cc1ccccc1)C(=O)C1C2(N)CC3CC(C2)CC1(C(N)=O)C3. The third kappa shape index (κ3) is 8.27. The van der Waals surface area contributed by atoms with Crippen LogP contribution < -0.4 is 33.2 Å². The summed E-state index contributed by atoms with van der Waals surface area (Å²) in [5, 5.41) is 17.7. The van der Waals surface area contributed by atoms with Crippen molar-refractivity contribution in [2.45, 2.75) is 75.0 Å². The number of thioether (sulfide) groups is 1. The Bertz CT molecular complexity index is 1520. The lowest BCUT2D eigenvalue weighted by molar-refractivity contribution is -0.170. The minimum atomic E-state index is -1.05. The van der Waals surface area contributed by atoms with Crippen LogP contribution >= 0.6 is 11.8 Å². The molecular weight excluding hydrogens is 644 g/mol. The molecular formula is C36H48N6O6S. The van der Waals surface area contributed by atoms with E-state index in [-0.39, 0.29) is 36.2 Å². The van der Waals surface area contributed by atoms with Crippen LogP contribution in [0.3, 0.4) is 0 Å². The van der Waals surface area contributed by atoms with Crippen LogP contribution in [-0.4, -0.2) is 76.7 Å². The molecule has 3 unspecified atom stereocenters. The summed E-state index contributed by atoms with van der Waals surface area (Å²) in [5.74, 6) is -2.17. The van der Waals surface area contributed by atoms with Crippen molar-refractivity contribution in [1.82, 2.24) is 16.0 Å². The highest BCUT2D eigenvalue weighted by Gasteiger charge is 2.67. The molecule has 4 bridgehead atoms. The topological polar surface area (TPSA) is 220 Å². The molecule has 0 radical (unpaired) electrons. The van der Waals surface area contributed by atoms with Gasteiger partial charge in [0, 0.05) is 5.54 Å². The average molecular weight is 693 g/mol. The zero-order valence-electron chi connectivity index (χ0n) is 27.9. The summed E-state index contributed by atoms with van der Waals surface area (Å²) >= 11 is 1.50. The van der Waals surface area contributed by atoms with Gasteiger partial charge in [0.25, 0.3) is 0 Å². The predicted octanol–water partition coefficient (Wildman–Crippen LogP) is 0.922.